The molecule has 26 heavy (non-hydrogen) atoms. The van der Waals surface area contributed by atoms with Crippen molar-refractivity contribution < 1.29 is 19.5 Å². The van der Waals surface area contributed by atoms with Gasteiger partial charge in [0.2, 0.25) is 0 Å². The van der Waals surface area contributed by atoms with Gasteiger partial charge in [-0.15, -0.1) is 0 Å². The second-order valence-corrected chi connectivity index (χ2v) is 7.43. The van der Waals surface area contributed by atoms with E-state index in [1.54, 1.807) is 12.1 Å². The number of hydrogen-bond donors (Lipinski definition) is 2. The summed E-state index contributed by atoms with van der Waals surface area (Å²) < 4.78 is 5.08. The van der Waals surface area contributed by atoms with Gasteiger partial charge in [0.15, 0.2) is 11.5 Å². The van der Waals surface area contributed by atoms with Crippen LogP contribution in [0.4, 0.5) is 4.79 Å². The Kier molecular flexibility index (Phi) is 6.56. The Morgan fingerprint density at radius 1 is 1.12 bits per heavy atom. The van der Waals surface area contributed by atoms with Gasteiger partial charge < -0.3 is 9.84 Å². The zero-order valence-corrected chi connectivity index (χ0v) is 16.4. The second kappa shape index (κ2) is 8.47. The number of rotatable bonds is 6. The molecule has 0 aliphatic rings. The summed E-state index contributed by atoms with van der Waals surface area (Å²) in [6.45, 7) is 6.92. The van der Waals surface area contributed by atoms with Gasteiger partial charge in [0.25, 0.3) is 0 Å². The van der Waals surface area contributed by atoms with Gasteiger partial charge >= 0.3 is 5.24 Å². The molecule has 1 N–H and O–H groups in total. The molecule has 2 aromatic carbocycles. The summed E-state index contributed by atoms with van der Waals surface area (Å²) in [5.74, 6) is 0.381. The van der Waals surface area contributed by atoms with Crippen LogP contribution in [0, 0.1) is 0 Å². The van der Waals surface area contributed by atoms with Gasteiger partial charge in [-0.1, -0.05) is 63.7 Å². The largest absolute Gasteiger partial charge is 0.504 e. The molecule has 6 heteroatoms. The van der Waals surface area contributed by atoms with Gasteiger partial charge in [0.1, 0.15) is 6.61 Å². The molecule has 0 radical (unpaired) electrons. The Labute approximate surface area is 159 Å². The van der Waals surface area contributed by atoms with Gasteiger partial charge in [-0.3, -0.25) is 9.63 Å². The van der Waals surface area contributed by atoms with E-state index in [1.807, 2.05) is 12.1 Å². The predicted octanol–water partition coefficient (Wildman–Crippen LogP) is 4.68. The lowest BCUT2D eigenvalue weighted by Gasteiger charge is -2.21. The summed E-state index contributed by atoms with van der Waals surface area (Å²) in [6.07, 6.45) is 0. The summed E-state index contributed by atoms with van der Waals surface area (Å²) in [5.41, 5.74) is 3.04. The lowest BCUT2D eigenvalue weighted by Crippen LogP contribution is -2.26. The average molecular weight is 375 g/mol. The van der Waals surface area contributed by atoms with Gasteiger partial charge in [0.05, 0.1) is 13.7 Å². The monoisotopic (exact) mass is 375 g/mol. The first-order valence-electron chi connectivity index (χ1n) is 8.29. The van der Waals surface area contributed by atoms with Crippen molar-refractivity contribution in [2.75, 3.05) is 7.11 Å². The van der Waals surface area contributed by atoms with E-state index in [0.717, 1.165) is 11.1 Å². The number of phenols is 1. The fourth-order valence-electron chi connectivity index (χ4n) is 2.41. The van der Waals surface area contributed by atoms with Crippen LogP contribution in [0.5, 0.6) is 11.5 Å². The van der Waals surface area contributed by atoms with Crippen LogP contribution in [-0.2, 0) is 23.4 Å². The first-order valence-corrected chi connectivity index (χ1v) is 8.74. The van der Waals surface area contributed by atoms with Crippen molar-refractivity contribution in [3.63, 3.8) is 0 Å². The van der Waals surface area contributed by atoms with Crippen LogP contribution in [0.3, 0.4) is 0 Å². The van der Waals surface area contributed by atoms with Crippen molar-refractivity contribution in [1.82, 2.24) is 5.06 Å². The third-order valence-electron chi connectivity index (χ3n) is 3.99. The highest BCUT2D eigenvalue weighted by Gasteiger charge is 2.15. The molecule has 2 rings (SSSR count). The van der Waals surface area contributed by atoms with E-state index < -0.39 is 5.24 Å². The quantitative estimate of drug-likeness (QED) is 0.568. The standard InChI is InChI=1S/C20H25NO4S/c1-20(2,3)16-8-5-14(6-9-16)13-25-21(19(23)26)12-15-7-10-17(22)18(11-15)24-4/h5-11,22H,12-13H2,1-4H3,(H,23,26). The van der Waals surface area contributed by atoms with Gasteiger partial charge in [-0.25, -0.2) is 5.06 Å². The summed E-state index contributed by atoms with van der Waals surface area (Å²) >= 11 is 3.87. The highest BCUT2D eigenvalue weighted by atomic mass is 32.1. The third kappa shape index (κ3) is 5.41. The van der Waals surface area contributed by atoms with Crippen molar-refractivity contribution in [3.8, 4) is 11.5 Å². The smallest absolute Gasteiger partial charge is 0.302 e. The maximum atomic E-state index is 11.8. The second-order valence-electron chi connectivity index (χ2n) is 7.05. The molecule has 2 aromatic rings. The van der Waals surface area contributed by atoms with Crippen LogP contribution in [0.2, 0.25) is 0 Å². The Hall–Kier alpha value is -2.18. The molecule has 0 spiro atoms. The Bertz CT molecular complexity index is 753. The lowest BCUT2D eigenvalue weighted by molar-refractivity contribution is -0.126. The molecular formula is C20H25NO4S. The zero-order chi connectivity index (χ0) is 19.3. The summed E-state index contributed by atoms with van der Waals surface area (Å²) in [4.78, 5) is 17.4. The third-order valence-corrected chi connectivity index (χ3v) is 4.21. The normalized spacial score (nSPS) is 11.3. The molecule has 0 fully saturated rings. The van der Waals surface area contributed by atoms with Crippen LogP contribution in [0.15, 0.2) is 42.5 Å². The zero-order valence-electron chi connectivity index (χ0n) is 15.5. The molecule has 0 heterocycles. The molecule has 0 aliphatic heterocycles. The molecule has 0 bridgehead atoms. The lowest BCUT2D eigenvalue weighted by atomic mass is 9.87. The first kappa shape index (κ1) is 20.1. The number of nitrogens with zero attached hydrogens (tertiary/aromatic N) is 1. The fraction of sp³-hybridized carbons (Fsp3) is 0.350. The minimum atomic E-state index is -0.497. The van der Waals surface area contributed by atoms with Crippen LogP contribution in [-0.4, -0.2) is 22.5 Å². The fourth-order valence-corrected chi connectivity index (χ4v) is 2.54. The summed E-state index contributed by atoms with van der Waals surface area (Å²) in [7, 11) is 1.47. The number of phenolic OH excluding ortho intramolecular Hbond substituents is 1. The van der Waals surface area contributed by atoms with E-state index in [0.29, 0.717) is 5.75 Å². The number of ether oxygens (including phenoxy) is 1. The number of amides is 1. The minimum absolute atomic E-state index is 0.0415. The van der Waals surface area contributed by atoms with E-state index >= 15 is 0 Å². The number of methoxy groups -OCH3 is 1. The van der Waals surface area contributed by atoms with E-state index in [2.05, 4.69) is 45.5 Å². The first-order chi connectivity index (χ1) is 12.2. The van der Waals surface area contributed by atoms with E-state index in [4.69, 9.17) is 9.57 Å². The van der Waals surface area contributed by atoms with E-state index in [-0.39, 0.29) is 24.3 Å². The van der Waals surface area contributed by atoms with Gasteiger partial charge in [0, 0.05) is 0 Å². The van der Waals surface area contributed by atoms with Crippen LogP contribution >= 0.6 is 12.6 Å². The molecule has 0 unspecified atom stereocenters. The SMILES string of the molecule is COc1cc(CN(OCc2ccc(C(C)(C)C)cc2)C(=O)S)ccc1O. The highest BCUT2D eigenvalue weighted by Crippen LogP contribution is 2.27. The molecule has 0 aliphatic carbocycles. The number of thiol groups is 1. The van der Waals surface area contributed by atoms with Crippen molar-refractivity contribution in [2.45, 2.75) is 39.3 Å². The van der Waals surface area contributed by atoms with Crippen molar-refractivity contribution in [1.29, 1.82) is 0 Å². The maximum Gasteiger partial charge on any atom is 0.302 e. The van der Waals surface area contributed by atoms with Crippen LogP contribution in [0.25, 0.3) is 0 Å². The van der Waals surface area contributed by atoms with Crippen LogP contribution < -0.4 is 4.74 Å². The van der Waals surface area contributed by atoms with Gasteiger partial charge in [-0.05, 0) is 34.2 Å². The number of carbonyl (C=O) groups excluding carboxylic acids is 1. The number of hydrogen-bond acceptors (Lipinski definition) is 4. The highest BCUT2D eigenvalue weighted by molar-refractivity contribution is 7.96. The van der Waals surface area contributed by atoms with E-state index in [1.165, 1.54) is 23.8 Å². The minimum Gasteiger partial charge on any atom is -0.504 e. The van der Waals surface area contributed by atoms with Crippen molar-refractivity contribution in [2.24, 2.45) is 0 Å². The number of benzene rings is 2. The number of hydroxylamine groups is 2. The Morgan fingerprint density at radius 3 is 2.27 bits per heavy atom. The van der Waals surface area contributed by atoms with Crippen LogP contribution in [0.1, 0.15) is 37.5 Å². The number of carbonyl (C=O) groups is 1. The Balaban J connectivity index is 2.03. The molecule has 1 amide bonds. The summed E-state index contributed by atoms with van der Waals surface area (Å²) in [6, 6.07) is 13.0. The number of aromatic hydroxyl groups is 1. The van der Waals surface area contributed by atoms with Crippen molar-refractivity contribution in [3.05, 3.63) is 59.2 Å². The molecule has 0 saturated carbocycles. The molecular weight excluding hydrogens is 350 g/mol. The van der Waals surface area contributed by atoms with Gasteiger partial charge in [-0.2, -0.15) is 0 Å². The maximum absolute atomic E-state index is 11.8. The topological polar surface area (TPSA) is 59.0 Å². The van der Waals surface area contributed by atoms with E-state index in [9.17, 15) is 9.90 Å². The Morgan fingerprint density at radius 2 is 1.73 bits per heavy atom. The summed E-state index contributed by atoms with van der Waals surface area (Å²) in [5, 5.41) is 10.3. The molecule has 5 nitrogen and oxygen atoms in total. The molecule has 0 atom stereocenters. The predicted molar refractivity (Wildman–Crippen MR) is 105 cm³/mol. The molecule has 140 valence electrons. The van der Waals surface area contributed by atoms with Crippen molar-refractivity contribution >= 4 is 17.9 Å². The molecule has 0 saturated heterocycles. The average Bonchev–Trinajstić information content (AvgIpc) is 2.59. The molecule has 0 aromatic heterocycles.